The van der Waals surface area contributed by atoms with E-state index < -0.39 is 0 Å². The van der Waals surface area contributed by atoms with Crippen molar-refractivity contribution in [2.75, 3.05) is 7.11 Å². The number of nitrogens with zero attached hydrogens (tertiary/aromatic N) is 4. The molecule has 22 heavy (non-hydrogen) atoms. The van der Waals surface area contributed by atoms with Crippen molar-refractivity contribution in [2.45, 2.75) is 0 Å². The third-order valence-electron chi connectivity index (χ3n) is 2.94. The monoisotopic (exact) mass is 297 g/mol. The van der Waals surface area contributed by atoms with Crippen LogP contribution < -0.4 is 9.30 Å². The normalized spacial score (nSPS) is 12.2. The predicted molar refractivity (Wildman–Crippen MR) is 85.0 cm³/mol. The van der Waals surface area contributed by atoms with E-state index in [1.54, 1.807) is 25.5 Å². The van der Waals surface area contributed by atoms with Crippen LogP contribution in [-0.4, -0.2) is 30.5 Å². The Balaban J connectivity index is 2.20. The van der Waals surface area contributed by atoms with Gasteiger partial charge < -0.3 is 9.94 Å². The van der Waals surface area contributed by atoms with Crippen molar-refractivity contribution in [2.24, 2.45) is 22.4 Å². The first-order chi connectivity index (χ1) is 10.7. The van der Waals surface area contributed by atoms with E-state index >= 15 is 0 Å². The molecule has 1 aromatic heterocycles. The summed E-state index contributed by atoms with van der Waals surface area (Å²) in [4.78, 5) is 0. The van der Waals surface area contributed by atoms with Crippen LogP contribution in [-0.2, 0) is 7.05 Å². The van der Waals surface area contributed by atoms with Crippen LogP contribution in [0.2, 0.25) is 0 Å². The van der Waals surface area contributed by atoms with Gasteiger partial charge >= 0.3 is 0 Å². The van der Waals surface area contributed by atoms with Crippen LogP contribution in [0, 0.1) is 0 Å². The second kappa shape index (κ2) is 7.68. The summed E-state index contributed by atoms with van der Waals surface area (Å²) in [5.41, 5.74) is 2.15. The van der Waals surface area contributed by atoms with Crippen molar-refractivity contribution in [1.29, 1.82) is 0 Å². The topological polar surface area (TPSA) is 70.4 Å². The molecule has 2 aromatic rings. The molecule has 1 aromatic carbocycles. The summed E-state index contributed by atoms with van der Waals surface area (Å²) in [6.07, 6.45) is 6.72. The van der Waals surface area contributed by atoms with Gasteiger partial charge in [-0.15, -0.1) is 5.10 Å². The minimum absolute atomic E-state index is 0.447. The fourth-order valence-electron chi connectivity index (χ4n) is 1.73. The molecule has 1 N–H and O–H groups in total. The standard InChI is InChI=1S/C16H16N4O2/c1-20-9-7-13(8-10-20)11-17-19-16(12-18-21)14-3-5-15(22-2)6-4-14/h3-12H,1-2H3/p+1. The number of pyridine rings is 1. The molecule has 0 fully saturated rings. The zero-order chi connectivity index (χ0) is 15.8. The Morgan fingerprint density at radius 1 is 1.14 bits per heavy atom. The Bertz CT molecular complexity index is 689. The lowest BCUT2D eigenvalue weighted by Crippen LogP contribution is -2.25. The highest BCUT2D eigenvalue weighted by Gasteiger charge is 2.01. The van der Waals surface area contributed by atoms with Gasteiger partial charge in [-0.3, -0.25) is 0 Å². The number of methoxy groups -OCH3 is 1. The van der Waals surface area contributed by atoms with Gasteiger partial charge in [0.1, 0.15) is 18.5 Å². The zero-order valence-corrected chi connectivity index (χ0v) is 12.4. The van der Waals surface area contributed by atoms with Gasteiger partial charge in [-0.1, -0.05) is 5.16 Å². The van der Waals surface area contributed by atoms with Crippen molar-refractivity contribution < 1.29 is 14.5 Å². The van der Waals surface area contributed by atoms with E-state index in [-0.39, 0.29) is 0 Å². The van der Waals surface area contributed by atoms with Crippen molar-refractivity contribution >= 4 is 18.1 Å². The SMILES string of the molecule is COc1ccc(C(/C=N/O)=N/N=C\c2cc[n+](C)cc2)cc1. The van der Waals surface area contributed by atoms with Crippen LogP contribution in [0.25, 0.3) is 0 Å². The Kier molecular flexibility index (Phi) is 5.37. The van der Waals surface area contributed by atoms with E-state index in [0.29, 0.717) is 5.71 Å². The minimum atomic E-state index is 0.447. The number of ether oxygens (including phenoxy) is 1. The van der Waals surface area contributed by atoms with Gasteiger partial charge in [-0.05, 0) is 24.3 Å². The third-order valence-corrected chi connectivity index (χ3v) is 2.94. The smallest absolute Gasteiger partial charge is 0.169 e. The Morgan fingerprint density at radius 2 is 1.82 bits per heavy atom. The zero-order valence-electron chi connectivity index (χ0n) is 12.4. The van der Waals surface area contributed by atoms with Gasteiger partial charge in [0.05, 0.1) is 19.5 Å². The first-order valence-corrected chi connectivity index (χ1v) is 6.61. The number of rotatable bonds is 5. The Hall–Kier alpha value is -3.02. The molecule has 0 atom stereocenters. The molecule has 0 aliphatic rings. The molecule has 6 heteroatoms. The second-order valence-electron chi connectivity index (χ2n) is 4.50. The first kappa shape index (κ1) is 15.4. The third kappa shape index (κ3) is 4.24. The number of hydrogen-bond donors (Lipinski definition) is 1. The molecule has 0 aliphatic heterocycles. The maximum Gasteiger partial charge on any atom is 0.169 e. The molecule has 0 unspecified atom stereocenters. The molecule has 0 amide bonds. The molecule has 0 spiro atoms. The van der Waals surface area contributed by atoms with Crippen molar-refractivity contribution in [1.82, 2.24) is 0 Å². The van der Waals surface area contributed by atoms with Crippen molar-refractivity contribution in [3.05, 3.63) is 59.9 Å². The quantitative estimate of drug-likeness (QED) is 0.396. The van der Waals surface area contributed by atoms with E-state index in [9.17, 15) is 0 Å². The number of oxime groups is 1. The molecule has 1 heterocycles. The van der Waals surface area contributed by atoms with Gasteiger partial charge in [0, 0.05) is 23.3 Å². The van der Waals surface area contributed by atoms with Crippen LogP contribution in [0.1, 0.15) is 11.1 Å². The highest BCUT2D eigenvalue weighted by atomic mass is 16.5. The van der Waals surface area contributed by atoms with E-state index in [1.165, 1.54) is 6.21 Å². The molecule has 0 radical (unpaired) electrons. The van der Waals surface area contributed by atoms with Gasteiger partial charge in [0.2, 0.25) is 0 Å². The number of aryl methyl sites for hydroxylation is 1. The van der Waals surface area contributed by atoms with E-state index in [2.05, 4.69) is 15.4 Å². The van der Waals surface area contributed by atoms with E-state index in [0.717, 1.165) is 16.9 Å². The van der Waals surface area contributed by atoms with E-state index in [1.807, 2.05) is 48.3 Å². The summed E-state index contributed by atoms with van der Waals surface area (Å²) in [7, 11) is 3.54. The molecular formula is C16H17N4O2+. The van der Waals surface area contributed by atoms with Gasteiger partial charge in [-0.25, -0.2) is 4.57 Å². The van der Waals surface area contributed by atoms with E-state index in [4.69, 9.17) is 9.94 Å². The first-order valence-electron chi connectivity index (χ1n) is 6.61. The average molecular weight is 297 g/mol. The molecule has 0 bridgehead atoms. The fourth-order valence-corrected chi connectivity index (χ4v) is 1.73. The molecular weight excluding hydrogens is 280 g/mol. The average Bonchev–Trinajstić information content (AvgIpc) is 2.56. The highest BCUT2D eigenvalue weighted by molar-refractivity contribution is 6.38. The van der Waals surface area contributed by atoms with Crippen LogP contribution in [0.5, 0.6) is 5.75 Å². The lowest BCUT2D eigenvalue weighted by Gasteiger charge is -2.01. The maximum absolute atomic E-state index is 8.75. The Morgan fingerprint density at radius 3 is 2.41 bits per heavy atom. The fraction of sp³-hybridized carbons (Fsp3) is 0.125. The van der Waals surface area contributed by atoms with Gasteiger partial charge in [-0.2, -0.15) is 5.10 Å². The molecule has 6 nitrogen and oxygen atoms in total. The van der Waals surface area contributed by atoms with Crippen molar-refractivity contribution in [3.63, 3.8) is 0 Å². The summed E-state index contributed by atoms with van der Waals surface area (Å²) < 4.78 is 7.04. The predicted octanol–water partition coefficient (Wildman–Crippen LogP) is 1.80. The summed E-state index contributed by atoms with van der Waals surface area (Å²) in [6.45, 7) is 0. The van der Waals surface area contributed by atoms with Crippen LogP contribution in [0.3, 0.4) is 0 Å². The molecule has 2 rings (SSSR count). The lowest BCUT2D eigenvalue weighted by molar-refractivity contribution is -0.671. The summed E-state index contributed by atoms with van der Waals surface area (Å²) in [6, 6.07) is 11.1. The largest absolute Gasteiger partial charge is 0.497 e. The number of hydrogen-bond acceptors (Lipinski definition) is 5. The molecule has 0 saturated heterocycles. The molecule has 0 aliphatic carbocycles. The lowest BCUT2D eigenvalue weighted by atomic mass is 10.1. The Labute approximate surface area is 128 Å². The minimum Gasteiger partial charge on any atom is -0.497 e. The van der Waals surface area contributed by atoms with Crippen molar-refractivity contribution in [3.8, 4) is 5.75 Å². The second-order valence-corrected chi connectivity index (χ2v) is 4.50. The summed E-state index contributed by atoms with van der Waals surface area (Å²) >= 11 is 0. The highest BCUT2D eigenvalue weighted by Crippen LogP contribution is 2.11. The summed E-state index contributed by atoms with van der Waals surface area (Å²) in [5, 5.41) is 19.9. The van der Waals surface area contributed by atoms with Gasteiger partial charge in [0.25, 0.3) is 0 Å². The molecule has 0 saturated carbocycles. The number of benzene rings is 1. The molecule has 112 valence electrons. The maximum atomic E-state index is 8.75. The van der Waals surface area contributed by atoms with Crippen LogP contribution in [0.4, 0.5) is 0 Å². The number of aromatic nitrogens is 1. The van der Waals surface area contributed by atoms with Crippen LogP contribution >= 0.6 is 0 Å². The van der Waals surface area contributed by atoms with Crippen LogP contribution in [0.15, 0.2) is 64.2 Å². The summed E-state index contributed by atoms with van der Waals surface area (Å²) in [5.74, 6) is 0.740. The van der Waals surface area contributed by atoms with Gasteiger partial charge in [0.15, 0.2) is 12.4 Å².